The minimum atomic E-state index is -0.600. The quantitative estimate of drug-likeness (QED) is 0.657. The van der Waals surface area contributed by atoms with E-state index in [1.807, 2.05) is 32.0 Å². The molecule has 0 unspecified atom stereocenters. The van der Waals surface area contributed by atoms with E-state index < -0.39 is 11.9 Å². The summed E-state index contributed by atoms with van der Waals surface area (Å²) in [7, 11) is 1.57. The van der Waals surface area contributed by atoms with Crippen molar-refractivity contribution in [2.24, 2.45) is 5.92 Å². The molecule has 31 heavy (non-hydrogen) atoms. The van der Waals surface area contributed by atoms with Crippen LogP contribution in [0.1, 0.15) is 31.4 Å². The van der Waals surface area contributed by atoms with Crippen LogP contribution in [0.15, 0.2) is 42.5 Å². The van der Waals surface area contributed by atoms with Gasteiger partial charge in [-0.1, -0.05) is 32.0 Å². The van der Waals surface area contributed by atoms with Gasteiger partial charge in [-0.2, -0.15) is 0 Å². The lowest BCUT2D eigenvalue weighted by molar-refractivity contribution is -0.151. The highest BCUT2D eigenvalue weighted by Crippen LogP contribution is 2.27. The molecule has 1 atom stereocenters. The number of carbonyl (C=O) groups excluding carboxylic acids is 3. The van der Waals surface area contributed by atoms with Crippen LogP contribution in [0.4, 0.5) is 11.4 Å². The van der Waals surface area contributed by atoms with Crippen molar-refractivity contribution in [3.8, 4) is 5.75 Å². The largest absolute Gasteiger partial charge is 0.497 e. The molecule has 0 bridgehead atoms. The molecule has 2 amide bonds. The minimum absolute atomic E-state index is 0.0606. The van der Waals surface area contributed by atoms with Crippen molar-refractivity contribution in [2.75, 3.05) is 30.5 Å². The van der Waals surface area contributed by atoms with Gasteiger partial charge in [0.1, 0.15) is 5.75 Å². The lowest BCUT2D eigenvalue weighted by Crippen LogP contribution is -2.28. The molecule has 2 aromatic rings. The SMILES string of the molecule is CCc1cccc(CC)c1NC(=O)COC(=O)[C@H]1CC(=O)N(c2ccc(OC)cc2)C1. The van der Waals surface area contributed by atoms with E-state index >= 15 is 0 Å². The Hall–Kier alpha value is -3.35. The van der Waals surface area contributed by atoms with Crippen LogP contribution in [-0.4, -0.2) is 38.0 Å². The van der Waals surface area contributed by atoms with E-state index in [0.717, 1.165) is 29.7 Å². The Labute approximate surface area is 182 Å². The highest BCUT2D eigenvalue weighted by atomic mass is 16.5. The third-order valence-corrected chi connectivity index (χ3v) is 5.45. The maximum absolute atomic E-state index is 12.5. The number of carbonyl (C=O) groups is 3. The maximum Gasteiger partial charge on any atom is 0.311 e. The van der Waals surface area contributed by atoms with E-state index in [4.69, 9.17) is 9.47 Å². The first-order valence-corrected chi connectivity index (χ1v) is 10.5. The molecule has 0 spiro atoms. The second-order valence-corrected chi connectivity index (χ2v) is 7.42. The lowest BCUT2D eigenvalue weighted by Gasteiger charge is -2.17. The number of para-hydroxylation sites is 1. The van der Waals surface area contributed by atoms with Gasteiger partial charge in [0.15, 0.2) is 6.61 Å². The van der Waals surface area contributed by atoms with E-state index in [0.29, 0.717) is 11.4 Å². The van der Waals surface area contributed by atoms with Gasteiger partial charge in [0.25, 0.3) is 5.91 Å². The number of amides is 2. The number of hydrogen-bond donors (Lipinski definition) is 1. The Morgan fingerprint density at radius 2 is 1.71 bits per heavy atom. The molecular weight excluding hydrogens is 396 g/mol. The van der Waals surface area contributed by atoms with Crippen molar-refractivity contribution < 1.29 is 23.9 Å². The minimum Gasteiger partial charge on any atom is -0.497 e. The molecule has 1 aliphatic heterocycles. The third kappa shape index (κ3) is 5.23. The van der Waals surface area contributed by atoms with Crippen molar-refractivity contribution >= 4 is 29.2 Å². The molecule has 164 valence electrons. The molecule has 2 aromatic carbocycles. The summed E-state index contributed by atoms with van der Waals surface area (Å²) in [5.74, 6) is -0.995. The van der Waals surface area contributed by atoms with Crippen LogP contribution in [-0.2, 0) is 32.0 Å². The number of esters is 1. The zero-order valence-electron chi connectivity index (χ0n) is 18.1. The number of methoxy groups -OCH3 is 1. The van der Waals surface area contributed by atoms with Crippen molar-refractivity contribution in [2.45, 2.75) is 33.1 Å². The molecule has 7 nitrogen and oxygen atoms in total. The molecule has 1 N–H and O–H groups in total. The number of nitrogens with zero attached hydrogens (tertiary/aromatic N) is 1. The fourth-order valence-corrected chi connectivity index (χ4v) is 3.71. The van der Waals surface area contributed by atoms with E-state index in [9.17, 15) is 14.4 Å². The Kier molecular flexibility index (Phi) is 7.28. The van der Waals surface area contributed by atoms with Crippen molar-refractivity contribution in [1.82, 2.24) is 0 Å². The number of aryl methyl sites for hydroxylation is 2. The molecule has 0 aliphatic carbocycles. The first-order chi connectivity index (χ1) is 15.0. The number of anilines is 2. The smallest absolute Gasteiger partial charge is 0.311 e. The Morgan fingerprint density at radius 3 is 2.29 bits per heavy atom. The molecule has 1 heterocycles. The predicted molar refractivity (Wildman–Crippen MR) is 118 cm³/mol. The average molecular weight is 424 g/mol. The highest BCUT2D eigenvalue weighted by molar-refractivity contribution is 6.00. The normalized spacial score (nSPS) is 15.6. The van der Waals surface area contributed by atoms with E-state index in [1.165, 1.54) is 0 Å². The molecule has 0 saturated carbocycles. The van der Waals surface area contributed by atoms with Gasteiger partial charge < -0.3 is 19.7 Å². The molecule has 1 fully saturated rings. The Balaban J connectivity index is 1.56. The molecule has 1 saturated heterocycles. The van der Waals surface area contributed by atoms with Gasteiger partial charge in [-0.15, -0.1) is 0 Å². The Bertz CT molecular complexity index is 933. The van der Waals surface area contributed by atoms with Gasteiger partial charge in [0, 0.05) is 24.3 Å². The number of benzene rings is 2. The fraction of sp³-hybridized carbons (Fsp3) is 0.375. The number of nitrogens with one attached hydrogen (secondary N) is 1. The lowest BCUT2D eigenvalue weighted by atomic mass is 10.0. The molecular formula is C24H28N2O5. The summed E-state index contributed by atoms with van der Waals surface area (Å²) >= 11 is 0. The van der Waals surface area contributed by atoms with Crippen LogP contribution in [0.25, 0.3) is 0 Å². The van der Waals surface area contributed by atoms with Crippen LogP contribution in [0.5, 0.6) is 5.75 Å². The first-order valence-electron chi connectivity index (χ1n) is 10.5. The van der Waals surface area contributed by atoms with Gasteiger partial charge in [0.2, 0.25) is 5.91 Å². The summed E-state index contributed by atoms with van der Waals surface area (Å²) in [6, 6.07) is 13.0. The molecule has 3 rings (SSSR count). The summed E-state index contributed by atoms with van der Waals surface area (Å²) in [6.07, 6.45) is 1.63. The van der Waals surface area contributed by atoms with E-state index in [-0.39, 0.29) is 31.4 Å². The van der Waals surface area contributed by atoms with Gasteiger partial charge in [-0.05, 0) is 48.2 Å². The van der Waals surface area contributed by atoms with Gasteiger partial charge in [0.05, 0.1) is 13.0 Å². The second-order valence-electron chi connectivity index (χ2n) is 7.42. The number of rotatable bonds is 8. The summed E-state index contributed by atoms with van der Waals surface area (Å²) in [4.78, 5) is 38.8. The summed E-state index contributed by atoms with van der Waals surface area (Å²) in [6.45, 7) is 3.89. The van der Waals surface area contributed by atoms with Crippen LogP contribution in [0.3, 0.4) is 0 Å². The van der Waals surface area contributed by atoms with Crippen LogP contribution in [0, 0.1) is 5.92 Å². The summed E-state index contributed by atoms with van der Waals surface area (Å²) in [5, 5.41) is 2.88. The van der Waals surface area contributed by atoms with Gasteiger partial charge in [-0.25, -0.2) is 0 Å². The fourth-order valence-electron chi connectivity index (χ4n) is 3.71. The van der Waals surface area contributed by atoms with Gasteiger partial charge in [-0.3, -0.25) is 14.4 Å². The van der Waals surface area contributed by atoms with Crippen molar-refractivity contribution in [3.05, 3.63) is 53.6 Å². The zero-order valence-corrected chi connectivity index (χ0v) is 18.1. The monoisotopic (exact) mass is 424 g/mol. The molecule has 0 radical (unpaired) electrons. The van der Waals surface area contributed by atoms with E-state index in [2.05, 4.69) is 5.32 Å². The maximum atomic E-state index is 12.5. The van der Waals surface area contributed by atoms with Gasteiger partial charge >= 0.3 is 5.97 Å². The van der Waals surface area contributed by atoms with Crippen molar-refractivity contribution in [3.63, 3.8) is 0 Å². The Morgan fingerprint density at radius 1 is 1.06 bits per heavy atom. The topological polar surface area (TPSA) is 84.9 Å². The predicted octanol–water partition coefficient (Wildman–Crippen LogP) is 3.35. The first kappa shape index (κ1) is 22.3. The number of ether oxygens (including phenoxy) is 2. The highest BCUT2D eigenvalue weighted by Gasteiger charge is 2.36. The van der Waals surface area contributed by atoms with Crippen LogP contribution in [0.2, 0.25) is 0 Å². The summed E-state index contributed by atoms with van der Waals surface area (Å²) < 4.78 is 10.4. The second kappa shape index (κ2) is 10.1. The number of hydrogen-bond acceptors (Lipinski definition) is 5. The van der Waals surface area contributed by atoms with Crippen LogP contribution >= 0.6 is 0 Å². The molecule has 0 aromatic heterocycles. The standard InChI is InChI=1S/C24H28N2O5/c1-4-16-7-6-8-17(5-2)23(16)25-21(27)15-31-24(29)18-13-22(28)26(14-18)19-9-11-20(30-3)12-10-19/h6-12,18H,4-5,13-15H2,1-3H3,(H,25,27)/t18-/m0/s1. The average Bonchev–Trinajstić information content (AvgIpc) is 3.19. The molecule has 7 heteroatoms. The molecule has 1 aliphatic rings. The van der Waals surface area contributed by atoms with Crippen LogP contribution < -0.4 is 15.0 Å². The third-order valence-electron chi connectivity index (χ3n) is 5.45. The zero-order chi connectivity index (χ0) is 22.4. The van der Waals surface area contributed by atoms with E-state index in [1.54, 1.807) is 36.3 Å². The summed E-state index contributed by atoms with van der Waals surface area (Å²) in [5.41, 5.74) is 3.56. The van der Waals surface area contributed by atoms with Crippen molar-refractivity contribution in [1.29, 1.82) is 0 Å².